The molecule has 23 rings (SSSR count). The molecule has 139 heavy (non-hydrogen) atoms. The van der Waals surface area contributed by atoms with E-state index >= 15 is 0 Å². The summed E-state index contributed by atoms with van der Waals surface area (Å²) in [6.45, 7) is 8.58. The molecule has 0 amide bonds. The number of hydrogen-bond acceptors (Lipinski definition) is 15. The third kappa shape index (κ3) is 28.8. The third-order valence-electron chi connectivity index (χ3n) is 21.6. The maximum atomic E-state index is 5.41. The predicted molar refractivity (Wildman–Crippen MR) is 556 cm³/mol. The van der Waals surface area contributed by atoms with E-state index in [0.29, 0.717) is 11.6 Å². The van der Waals surface area contributed by atoms with Gasteiger partial charge in [-0.3, -0.25) is 15.0 Å². The van der Waals surface area contributed by atoms with Crippen LogP contribution >= 0.6 is 0 Å². The molecular weight excluding hydrogens is 2420 g/mol. The summed E-state index contributed by atoms with van der Waals surface area (Å²) in [6.07, 6.45) is 14.8. The van der Waals surface area contributed by atoms with Gasteiger partial charge in [-0.25, -0.2) is 15.0 Å². The fraction of sp³-hybridized carbons (Fsp3) is 0.0256. The Morgan fingerprint density at radius 3 is 0.986 bits per heavy atom. The topological polar surface area (TPSA) is 112 Å². The molecule has 682 valence electrons. The summed E-state index contributed by atoms with van der Waals surface area (Å²) < 4.78 is 5.41. The second-order valence-electron chi connectivity index (χ2n) is 30.8. The van der Waals surface area contributed by atoms with E-state index in [9.17, 15) is 0 Å². The zero-order chi connectivity index (χ0) is 92.1. The maximum absolute atomic E-state index is 5.41. The van der Waals surface area contributed by atoms with Gasteiger partial charge >= 0.3 is 80.4 Å². The van der Waals surface area contributed by atoms with Crippen LogP contribution in [0.5, 0.6) is 11.6 Å². The quantitative estimate of drug-likeness (QED) is 0.0675. The molecular formula is C117H93B3Ir4N14O. The minimum absolute atomic E-state index is 0. The van der Waals surface area contributed by atoms with Gasteiger partial charge in [-0.1, -0.05) is 162 Å². The van der Waals surface area contributed by atoms with E-state index < -0.39 is 0 Å². The number of hydrogen-bond donors (Lipinski definition) is 0. The summed E-state index contributed by atoms with van der Waals surface area (Å²) in [4.78, 5) is 42.9. The van der Waals surface area contributed by atoms with Crippen LogP contribution in [0.3, 0.4) is 0 Å². The monoisotopic (exact) mass is 2510 g/mol. The van der Waals surface area contributed by atoms with Crippen LogP contribution in [-0.2, 0) is 80.4 Å². The van der Waals surface area contributed by atoms with Crippen molar-refractivity contribution in [3.63, 3.8) is 0 Å². The van der Waals surface area contributed by atoms with Gasteiger partial charge in [0.25, 0.3) is 0 Å². The summed E-state index contributed by atoms with van der Waals surface area (Å²) in [5.41, 5.74) is 20.2. The van der Waals surface area contributed by atoms with E-state index in [4.69, 9.17) is 4.74 Å². The number of aromatic nitrogens is 6. The van der Waals surface area contributed by atoms with Crippen molar-refractivity contribution in [1.82, 2.24) is 34.8 Å². The minimum Gasteiger partial charge on any atom is -0.510 e. The molecule has 10 heterocycles. The normalized spacial score (nSPS) is 11.6. The standard InChI is InChI=1S/C19H14N2.3C17H13BN.2C13H11N3.C11H8NO.C10H10N2.4Ir/c1-3-9-16(10-4-1)20-15-21(17-11-5-2-6-12-17)19-14-8-7-13-18(19)20;3*1-3-9-15(10-4-1)18(16-11-5-2-6-12-16)17-13-7-8-14-19-17;1-15-10-16(11-6-3-2-4-7-11)12-8-5-9-14-13(12)15;1-15-10-16(11-6-3-2-4-7-11)13-12(15)8-5-9-14-13;1-2-6-10(7-3-1)13-11-8-4-5-9-12-11;1-11-7-8-12(9-11)10-5-3-2-4-6-10;;;;/h1-11,13-15H;3*1-11,13-14H;2*2-6,8-10H,1H3;1-6,8-9H;2-5,7-9H,1H3;;;;/q-2;3*-1;2*-2;-1;-2;4*+3. The summed E-state index contributed by atoms with van der Waals surface area (Å²) in [6, 6.07) is 171. The summed E-state index contributed by atoms with van der Waals surface area (Å²) in [5.74, 6) is 3.19. The number of para-hydroxylation sites is 8. The first-order chi connectivity index (χ1) is 66.8. The summed E-state index contributed by atoms with van der Waals surface area (Å²) in [7, 11) is 6.01. The molecule has 6 aromatic heterocycles. The van der Waals surface area contributed by atoms with Crippen LogP contribution in [0.4, 0.5) is 62.8 Å². The molecule has 0 atom stereocenters. The number of benzene rings is 13. The Balaban J connectivity index is 0.000000142. The number of anilines is 11. The zero-order valence-corrected chi connectivity index (χ0v) is 85.8. The molecule has 0 aliphatic carbocycles. The van der Waals surface area contributed by atoms with Crippen LogP contribution < -0.4 is 88.6 Å². The first kappa shape index (κ1) is 103. The van der Waals surface area contributed by atoms with Crippen molar-refractivity contribution in [3.05, 3.63) is 562 Å². The fourth-order valence-corrected chi connectivity index (χ4v) is 15.3. The van der Waals surface area contributed by atoms with Crippen molar-refractivity contribution >= 4 is 133 Å². The molecule has 0 spiro atoms. The zero-order valence-electron chi connectivity index (χ0n) is 76.2. The first-order valence-electron chi connectivity index (χ1n) is 44.3. The second kappa shape index (κ2) is 55.0. The van der Waals surface area contributed by atoms with Crippen molar-refractivity contribution in [1.29, 1.82) is 0 Å². The minimum atomic E-state index is 0. The molecule has 0 radical (unpaired) electrons. The van der Waals surface area contributed by atoms with Gasteiger partial charge in [0.1, 0.15) is 11.6 Å². The van der Waals surface area contributed by atoms with E-state index in [-0.39, 0.29) is 101 Å². The Morgan fingerprint density at radius 1 is 0.245 bits per heavy atom. The average molecular weight is 2510 g/mol. The van der Waals surface area contributed by atoms with Crippen LogP contribution in [0.25, 0.3) is 0 Å². The van der Waals surface area contributed by atoms with Crippen LogP contribution in [0, 0.1) is 75.2 Å². The number of ether oxygens (including phenoxy) is 1. The Bertz CT molecular complexity index is 5930. The van der Waals surface area contributed by atoms with Crippen molar-refractivity contribution < 1.29 is 85.2 Å². The Kier molecular flexibility index (Phi) is 40.9. The van der Waals surface area contributed by atoms with Gasteiger partial charge in [-0.15, -0.1) is 41.6 Å². The molecule has 19 aromatic rings. The second-order valence-corrected chi connectivity index (χ2v) is 30.8. The van der Waals surface area contributed by atoms with E-state index in [0.717, 1.165) is 84.6 Å². The Hall–Kier alpha value is -14.5. The molecule has 4 aliphatic heterocycles. The van der Waals surface area contributed by atoms with Crippen LogP contribution in [-0.4, -0.2) is 76.1 Å². The molecule has 0 bridgehead atoms. The maximum Gasteiger partial charge on any atom is 3.00 e. The van der Waals surface area contributed by atoms with Gasteiger partial charge in [0.05, 0.1) is 5.69 Å². The van der Waals surface area contributed by atoms with Gasteiger partial charge in [-0.2, -0.15) is 267 Å². The van der Waals surface area contributed by atoms with Crippen molar-refractivity contribution in [2.45, 2.75) is 0 Å². The number of pyridine rings is 6. The summed E-state index contributed by atoms with van der Waals surface area (Å²) >= 11 is 0. The van der Waals surface area contributed by atoms with E-state index in [1.54, 1.807) is 24.5 Å². The average Bonchev–Trinajstić information content (AvgIpc) is 1.37. The molecule has 22 heteroatoms. The van der Waals surface area contributed by atoms with Crippen LogP contribution in [0.1, 0.15) is 0 Å². The van der Waals surface area contributed by atoms with Gasteiger partial charge < -0.3 is 43.9 Å². The molecule has 0 fully saturated rings. The van der Waals surface area contributed by atoms with Crippen LogP contribution in [0.2, 0.25) is 0 Å². The molecule has 0 N–H and O–H groups in total. The third-order valence-corrected chi connectivity index (χ3v) is 21.6. The van der Waals surface area contributed by atoms with Crippen LogP contribution in [0.15, 0.2) is 486 Å². The number of rotatable bonds is 16. The van der Waals surface area contributed by atoms with E-state index in [1.807, 2.05) is 347 Å². The smallest absolute Gasteiger partial charge is 0.510 e. The number of nitrogens with zero attached hydrogens (tertiary/aromatic N) is 14. The molecule has 0 saturated heterocycles. The van der Waals surface area contributed by atoms with Gasteiger partial charge in [0.15, 0.2) is 0 Å². The first-order valence-corrected chi connectivity index (χ1v) is 44.3. The SMILES string of the molecule is CN1C=CN(c2[c-]cccc2)[CH-]1.CN1[CH-]N(c2[c-]cccc2)c2cccnc21.CN1[CH-]N(c2[c-]cccc2)c2ncccc21.[Ir+3].[Ir+3].[Ir+3].[Ir+3].[c-]1ccccc1B(c1ccccc1)c1ccccn1.[c-]1ccccc1B(c1ccccc1)c1ccccn1.[c-]1ccccc1B(c1ccccc1)c1ccccn1.[c-]1ccccc1N1[CH-]N(c2ccccc2)c2ccccc21.[c-]1ccccc1Oc1ccccn1. The molecule has 15 nitrogen and oxygen atoms in total. The van der Waals surface area contributed by atoms with Gasteiger partial charge in [-0.05, 0) is 125 Å². The van der Waals surface area contributed by atoms with E-state index in [2.05, 4.69) is 281 Å². The Labute approximate surface area is 873 Å². The summed E-state index contributed by atoms with van der Waals surface area (Å²) in [5, 5.41) is 0. The van der Waals surface area contributed by atoms with Crippen molar-refractivity contribution in [2.75, 3.05) is 55.4 Å². The molecule has 13 aromatic carbocycles. The molecule has 4 aliphatic rings. The largest absolute Gasteiger partial charge is 3.00 e. The molecule has 0 saturated carbocycles. The fourth-order valence-electron chi connectivity index (χ4n) is 15.3. The molecule has 0 unspecified atom stereocenters. The van der Waals surface area contributed by atoms with Gasteiger partial charge in [0.2, 0.25) is 26.0 Å². The van der Waals surface area contributed by atoms with Crippen molar-refractivity contribution in [3.8, 4) is 11.6 Å². The van der Waals surface area contributed by atoms with E-state index in [1.165, 1.54) is 27.8 Å². The van der Waals surface area contributed by atoms with Gasteiger partial charge in [0, 0.05) is 88.5 Å². The Morgan fingerprint density at radius 2 is 0.590 bits per heavy atom. The predicted octanol–water partition coefficient (Wildman–Crippen LogP) is 18.8. The van der Waals surface area contributed by atoms with Crippen molar-refractivity contribution in [2.24, 2.45) is 0 Å². The number of fused-ring (bicyclic) bond motifs is 3.